The first-order valence-corrected chi connectivity index (χ1v) is 6.46. The minimum atomic E-state index is -0.107. The molecule has 0 saturated heterocycles. The zero-order valence-electron chi connectivity index (χ0n) is 10.8. The highest BCUT2D eigenvalue weighted by molar-refractivity contribution is 9.10. The number of ketones is 1. The van der Waals surface area contributed by atoms with Crippen molar-refractivity contribution in [3.05, 3.63) is 16.4 Å². The number of halogens is 1. The molecule has 1 unspecified atom stereocenters. The van der Waals surface area contributed by atoms with Gasteiger partial charge in [0.05, 0.1) is 10.7 Å². The molecule has 1 rings (SSSR count). The quantitative estimate of drug-likeness (QED) is 0.869. The van der Waals surface area contributed by atoms with Gasteiger partial charge in [-0.15, -0.1) is 0 Å². The molecule has 17 heavy (non-hydrogen) atoms. The largest absolute Gasteiger partial charge is 0.327 e. The van der Waals surface area contributed by atoms with E-state index in [1.165, 1.54) is 0 Å². The number of carbonyl (C=O) groups is 1. The summed E-state index contributed by atoms with van der Waals surface area (Å²) in [6.45, 7) is 6.37. The van der Waals surface area contributed by atoms with Gasteiger partial charge in [0, 0.05) is 19.5 Å². The van der Waals surface area contributed by atoms with Gasteiger partial charge in [-0.3, -0.25) is 9.48 Å². The standard InChI is InChI=1S/C12H20BrN3O/c1-12(2,3)6-8(14)5-10(17)11-9(13)7-15-16(11)4/h7-8H,5-6,14H2,1-4H3. The summed E-state index contributed by atoms with van der Waals surface area (Å²) in [4.78, 5) is 12.1. The Morgan fingerprint density at radius 2 is 2.18 bits per heavy atom. The summed E-state index contributed by atoms with van der Waals surface area (Å²) in [6.07, 6.45) is 2.81. The van der Waals surface area contributed by atoms with Crippen LogP contribution >= 0.6 is 15.9 Å². The Balaban J connectivity index is 2.67. The Morgan fingerprint density at radius 1 is 1.59 bits per heavy atom. The van der Waals surface area contributed by atoms with E-state index in [-0.39, 0.29) is 17.2 Å². The highest BCUT2D eigenvalue weighted by Gasteiger charge is 2.21. The van der Waals surface area contributed by atoms with Gasteiger partial charge >= 0.3 is 0 Å². The molecule has 0 aliphatic heterocycles. The van der Waals surface area contributed by atoms with Crippen LogP contribution in [0, 0.1) is 5.41 Å². The smallest absolute Gasteiger partial charge is 0.183 e. The number of carbonyl (C=O) groups excluding carboxylic acids is 1. The van der Waals surface area contributed by atoms with E-state index in [2.05, 4.69) is 41.8 Å². The Kier molecular flexibility index (Phi) is 4.49. The summed E-state index contributed by atoms with van der Waals surface area (Å²) < 4.78 is 2.31. The summed E-state index contributed by atoms with van der Waals surface area (Å²) in [7, 11) is 1.76. The molecule has 0 amide bonds. The van der Waals surface area contributed by atoms with Crippen LogP contribution in [-0.4, -0.2) is 21.6 Å². The second-order valence-electron chi connectivity index (χ2n) is 5.62. The molecule has 96 valence electrons. The second-order valence-corrected chi connectivity index (χ2v) is 6.47. The van der Waals surface area contributed by atoms with Crippen LogP contribution in [0.1, 0.15) is 44.1 Å². The predicted molar refractivity (Wildman–Crippen MR) is 71.9 cm³/mol. The van der Waals surface area contributed by atoms with Crippen molar-refractivity contribution in [2.24, 2.45) is 18.2 Å². The van der Waals surface area contributed by atoms with Gasteiger partial charge in [-0.2, -0.15) is 5.10 Å². The van der Waals surface area contributed by atoms with E-state index in [4.69, 9.17) is 5.73 Å². The van der Waals surface area contributed by atoms with Crippen LogP contribution in [0.2, 0.25) is 0 Å². The van der Waals surface area contributed by atoms with Gasteiger partial charge < -0.3 is 5.73 Å². The van der Waals surface area contributed by atoms with Crippen LogP contribution in [-0.2, 0) is 7.05 Å². The fraction of sp³-hybridized carbons (Fsp3) is 0.667. The lowest BCUT2D eigenvalue weighted by Crippen LogP contribution is -2.29. The summed E-state index contributed by atoms with van der Waals surface area (Å²) in [5.41, 5.74) is 6.74. The molecule has 5 heteroatoms. The van der Waals surface area contributed by atoms with Crippen LogP contribution in [0.4, 0.5) is 0 Å². The molecule has 0 radical (unpaired) electrons. The van der Waals surface area contributed by atoms with Crippen LogP contribution in [0.15, 0.2) is 10.7 Å². The van der Waals surface area contributed by atoms with Crippen molar-refractivity contribution in [3.8, 4) is 0 Å². The van der Waals surface area contributed by atoms with Crippen molar-refractivity contribution in [1.29, 1.82) is 0 Å². The summed E-state index contributed by atoms with van der Waals surface area (Å²) in [5.74, 6) is 0.0358. The summed E-state index contributed by atoms with van der Waals surface area (Å²) in [5, 5.41) is 4.03. The number of rotatable bonds is 4. The molecular weight excluding hydrogens is 282 g/mol. The van der Waals surface area contributed by atoms with E-state index in [1.54, 1.807) is 17.9 Å². The highest BCUT2D eigenvalue weighted by Crippen LogP contribution is 2.23. The first kappa shape index (κ1) is 14.4. The Morgan fingerprint density at radius 3 is 2.59 bits per heavy atom. The fourth-order valence-electron chi connectivity index (χ4n) is 1.92. The minimum absolute atomic E-state index is 0.0358. The lowest BCUT2D eigenvalue weighted by molar-refractivity contribution is 0.0958. The third-order valence-electron chi connectivity index (χ3n) is 2.48. The number of hydrogen-bond donors (Lipinski definition) is 1. The Hall–Kier alpha value is -0.680. The van der Waals surface area contributed by atoms with Crippen molar-refractivity contribution in [2.45, 2.75) is 39.7 Å². The maximum atomic E-state index is 12.1. The number of nitrogens with zero attached hydrogens (tertiary/aromatic N) is 2. The number of Topliss-reactive ketones (excluding diaryl/α,β-unsaturated/α-hetero) is 1. The summed E-state index contributed by atoms with van der Waals surface area (Å²) >= 11 is 3.32. The monoisotopic (exact) mass is 301 g/mol. The Bertz CT molecular complexity index is 387. The van der Waals surface area contributed by atoms with Crippen LogP contribution in [0.5, 0.6) is 0 Å². The van der Waals surface area contributed by atoms with Gasteiger partial charge in [0.2, 0.25) is 0 Å². The summed E-state index contributed by atoms with van der Waals surface area (Å²) in [6, 6.07) is -0.107. The van der Waals surface area contributed by atoms with Crippen molar-refractivity contribution in [3.63, 3.8) is 0 Å². The molecule has 0 aliphatic carbocycles. The van der Waals surface area contributed by atoms with E-state index < -0.39 is 0 Å². The third-order valence-corrected chi connectivity index (χ3v) is 3.06. The lowest BCUT2D eigenvalue weighted by atomic mass is 9.86. The van der Waals surface area contributed by atoms with Gasteiger partial charge in [0.1, 0.15) is 5.69 Å². The van der Waals surface area contributed by atoms with E-state index >= 15 is 0 Å². The topological polar surface area (TPSA) is 60.9 Å². The van der Waals surface area contributed by atoms with Gasteiger partial charge in [0.15, 0.2) is 5.78 Å². The van der Waals surface area contributed by atoms with Crippen molar-refractivity contribution < 1.29 is 4.79 Å². The highest BCUT2D eigenvalue weighted by atomic mass is 79.9. The molecule has 0 saturated carbocycles. The van der Waals surface area contributed by atoms with E-state index in [0.717, 1.165) is 10.9 Å². The number of hydrogen-bond acceptors (Lipinski definition) is 3. The first-order chi connectivity index (χ1) is 7.70. The first-order valence-electron chi connectivity index (χ1n) is 5.67. The Labute approximate surface area is 111 Å². The molecule has 2 N–H and O–H groups in total. The zero-order valence-corrected chi connectivity index (χ0v) is 12.4. The van der Waals surface area contributed by atoms with Gasteiger partial charge in [-0.1, -0.05) is 20.8 Å². The molecule has 1 heterocycles. The fourth-order valence-corrected chi connectivity index (χ4v) is 2.49. The van der Waals surface area contributed by atoms with Gasteiger partial charge in [-0.25, -0.2) is 0 Å². The van der Waals surface area contributed by atoms with Crippen LogP contribution in [0.25, 0.3) is 0 Å². The molecule has 4 nitrogen and oxygen atoms in total. The number of nitrogens with two attached hydrogens (primary N) is 1. The second kappa shape index (κ2) is 5.31. The van der Waals surface area contributed by atoms with Gasteiger partial charge in [-0.05, 0) is 27.8 Å². The van der Waals surface area contributed by atoms with Crippen LogP contribution in [0.3, 0.4) is 0 Å². The predicted octanol–water partition coefficient (Wildman–Crippen LogP) is 2.52. The SMILES string of the molecule is Cn1ncc(Br)c1C(=O)CC(N)CC(C)(C)C. The minimum Gasteiger partial charge on any atom is -0.327 e. The molecule has 0 aliphatic rings. The number of aryl methyl sites for hydroxylation is 1. The molecule has 0 spiro atoms. The normalized spacial score (nSPS) is 13.8. The number of aromatic nitrogens is 2. The van der Waals surface area contributed by atoms with Crippen molar-refractivity contribution in [2.75, 3.05) is 0 Å². The molecule has 0 fully saturated rings. The molecule has 1 aromatic rings. The molecule has 0 bridgehead atoms. The molecular formula is C12H20BrN3O. The van der Waals surface area contributed by atoms with E-state index in [9.17, 15) is 4.79 Å². The van der Waals surface area contributed by atoms with E-state index in [0.29, 0.717) is 12.1 Å². The average Bonchev–Trinajstić information content (AvgIpc) is 2.42. The average molecular weight is 302 g/mol. The lowest BCUT2D eigenvalue weighted by Gasteiger charge is -2.22. The third kappa shape index (κ3) is 4.24. The molecule has 1 atom stereocenters. The molecule has 1 aromatic heterocycles. The van der Waals surface area contributed by atoms with Crippen molar-refractivity contribution >= 4 is 21.7 Å². The van der Waals surface area contributed by atoms with Crippen LogP contribution < -0.4 is 5.73 Å². The van der Waals surface area contributed by atoms with E-state index in [1.807, 2.05) is 0 Å². The van der Waals surface area contributed by atoms with Gasteiger partial charge in [0.25, 0.3) is 0 Å². The van der Waals surface area contributed by atoms with Crippen molar-refractivity contribution in [1.82, 2.24) is 9.78 Å². The molecule has 0 aromatic carbocycles. The zero-order chi connectivity index (χ0) is 13.2. The maximum absolute atomic E-state index is 12.1. The maximum Gasteiger partial charge on any atom is 0.183 e.